The molecule has 3 aromatic carbocycles. The summed E-state index contributed by atoms with van der Waals surface area (Å²) in [6.45, 7) is 0. The first-order valence-electron chi connectivity index (χ1n) is 9.90. The van der Waals surface area contributed by atoms with Gasteiger partial charge in [0.25, 0.3) is 5.56 Å². The quantitative estimate of drug-likeness (QED) is 0.262. The van der Waals surface area contributed by atoms with Gasteiger partial charge >= 0.3 is 5.69 Å². The van der Waals surface area contributed by atoms with Crippen molar-refractivity contribution < 1.29 is 4.79 Å². The van der Waals surface area contributed by atoms with E-state index in [0.717, 1.165) is 11.8 Å². The van der Waals surface area contributed by atoms with E-state index < -0.39 is 0 Å². The van der Waals surface area contributed by atoms with Gasteiger partial charge in [-0.3, -0.25) is 14.2 Å². The number of nitrogens with one attached hydrogen (secondary N) is 3. The molecule has 5 rings (SSSR count). The molecule has 0 fully saturated rings. The zero-order chi connectivity index (χ0) is 22.9. The van der Waals surface area contributed by atoms with Crippen LogP contribution < -0.4 is 16.6 Å². The number of aromatic amines is 2. The zero-order valence-electron chi connectivity index (χ0n) is 17.0. The number of hydrogen-bond donors (Lipinski definition) is 3. The zero-order valence-corrected chi connectivity index (χ0v) is 18.5. The van der Waals surface area contributed by atoms with E-state index in [1.165, 1.54) is 4.57 Å². The second-order valence-corrected chi connectivity index (χ2v) is 8.59. The molecule has 0 spiro atoms. The van der Waals surface area contributed by atoms with Crippen LogP contribution in [0.15, 0.2) is 81.5 Å². The van der Waals surface area contributed by atoms with Crippen LogP contribution in [0, 0.1) is 0 Å². The predicted molar refractivity (Wildman–Crippen MR) is 131 cm³/mol. The minimum Gasteiger partial charge on any atom is -0.325 e. The van der Waals surface area contributed by atoms with Crippen LogP contribution in [0.2, 0.25) is 5.02 Å². The van der Waals surface area contributed by atoms with Gasteiger partial charge in [-0.25, -0.2) is 9.78 Å². The lowest BCUT2D eigenvalue weighted by molar-refractivity contribution is -0.113. The Morgan fingerprint density at radius 2 is 1.82 bits per heavy atom. The number of carbonyl (C=O) groups is 1. The van der Waals surface area contributed by atoms with E-state index in [-0.39, 0.29) is 22.9 Å². The maximum Gasteiger partial charge on any atom is 0.323 e. The summed E-state index contributed by atoms with van der Waals surface area (Å²) in [6.07, 6.45) is 0. The molecule has 0 atom stereocenters. The van der Waals surface area contributed by atoms with E-state index in [4.69, 9.17) is 11.6 Å². The molecule has 10 heteroatoms. The van der Waals surface area contributed by atoms with Gasteiger partial charge in [-0.1, -0.05) is 41.6 Å². The first-order valence-corrected chi connectivity index (χ1v) is 11.3. The molecule has 0 aliphatic rings. The predicted octanol–water partition coefficient (Wildman–Crippen LogP) is 3.94. The highest BCUT2D eigenvalue weighted by atomic mass is 35.5. The van der Waals surface area contributed by atoms with Crippen molar-refractivity contribution in [3.63, 3.8) is 0 Å². The van der Waals surface area contributed by atoms with Crippen molar-refractivity contribution >= 4 is 56.9 Å². The van der Waals surface area contributed by atoms with Crippen LogP contribution >= 0.6 is 23.4 Å². The molecule has 2 heterocycles. The molecule has 0 aliphatic carbocycles. The number of nitrogens with zero attached hydrogens (tertiary/aromatic N) is 2. The van der Waals surface area contributed by atoms with Gasteiger partial charge < -0.3 is 15.3 Å². The highest BCUT2D eigenvalue weighted by molar-refractivity contribution is 7.99. The van der Waals surface area contributed by atoms with Crippen molar-refractivity contribution in [3.8, 4) is 5.69 Å². The summed E-state index contributed by atoms with van der Waals surface area (Å²) in [5.74, 6) is -0.259. The van der Waals surface area contributed by atoms with Crippen molar-refractivity contribution in [2.24, 2.45) is 0 Å². The summed E-state index contributed by atoms with van der Waals surface area (Å²) in [5.41, 5.74) is 2.34. The van der Waals surface area contributed by atoms with Gasteiger partial charge in [-0.2, -0.15) is 0 Å². The molecule has 3 N–H and O–H groups in total. The average Bonchev–Trinajstić information content (AvgIpc) is 3.17. The van der Waals surface area contributed by atoms with Crippen molar-refractivity contribution in [1.29, 1.82) is 0 Å². The van der Waals surface area contributed by atoms with Gasteiger partial charge in [0.15, 0.2) is 5.16 Å². The number of H-pyrrole nitrogens is 2. The first-order chi connectivity index (χ1) is 16.0. The topological polar surface area (TPSA) is 113 Å². The van der Waals surface area contributed by atoms with E-state index >= 15 is 0 Å². The molecule has 0 bridgehead atoms. The first kappa shape index (κ1) is 21.0. The maximum absolute atomic E-state index is 13.3. The van der Waals surface area contributed by atoms with Crippen molar-refractivity contribution in [3.05, 3.63) is 92.6 Å². The highest BCUT2D eigenvalue weighted by Crippen LogP contribution is 2.23. The van der Waals surface area contributed by atoms with E-state index in [1.54, 1.807) is 66.7 Å². The molecule has 0 unspecified atom stereocenters. The van der Waals surface area contributed by atoms with E-state index in [0.29, 0.717) is 43.5 Å². The monoisotopic (exact) mass is 477 g/mol. The van der Waals surface area contributed by atoms with Crippen molar-refractivity contribution in [2.45, 2.75) is 5.16 Å². The normalized spacial score (nSPS) is 11.2. The fourth-order valence-corrected chi connectivity index (χ4v) is 4.49. The van der Waals surface area contributed by atoms with E-state index in [1.807, 2.05) is 0 Å². The third-order valence-electron chi connectivity index (χ3n) is 4.94. The molecule has 0 saturated heterocycles. The fourth-order valence-electron chi connectivity index (χ4n) is 3.49. The minimum atomic E-state index is -0.314. The van der Waals surface area contributed by atoms with Crippen molar-refractivity contribution in [2.75, 3.05) is 11.1 Å². The number of anilines is 1. The number of aromatic nitrogens is 4. The second kappa shape index (κ2) is 8.61. The molecule has 33 heavy (non-hydrogen) atoms. The highest BCUT2D eigenvalue weighted by Gasteiger charge is 2.15. The van der Waals surface area contributed by atoms with E-state index in [9.17, 15) is 14.4 Å². The number of thioether (sulfide) groups is 1. The number of amides is 1. The Balaban J connectivity index is 1.45. The lowest BCUT2D eigenvalue weighted by Gasteiger charge is -2.13. The number of fused-ring (bicyclic) bond motifs is 2. The Hall–Kier alpha value is -3.82. The molecule has 0 saturated carbocycles. The van der Waals surface area contributed by atoms with Gasteiger partial charge in [0.05, 0.1) is 33.4 Å². The van der Waals surface area contributed by atoms with Gasteiger partial charge in [-0.05, 0) is 48.5 Å². The Morgan fingerprint density at radius 1 is 1.00 bits per heavy atom. The molecule has 5 aromatic rings. The molecule has 0 radical (unpaired) electrons. The summed E-state index contributed by atoms with van der Waals surface area (Å²) >= 11 is 7.29. The summed E-state index contributed by atoms with van der Waals surface area (Å²) < 4.78 is 1.46. The van der Waals surface area contributed by atoms with Crippen LogP contribution in [0.5, 0.6) is 0 Å². The maximum atomic E-state index is 13.3. The summed E-state index contributed by atoms with van der Waals surface area (Å²) in [5, 5.41) is 4.14. The Kier molecular flexibility index (Phi) is 5.49. The average molecular weight is 478 g/mol. The molecule has 0 aliphatic heterocycles. The minimum absolute atomic E-state index is 0.0209. The Bertz CT molecular complexity index is 1640. The lowest BCUT2D eigenvalue weighted by Crippen LogP contribution is -2.23. The summed E-state index contributed by atoms with van der Waals surface area (Å²) in [7, 11) is 0. The fraction of sp³-hybridized carbons (Fsp3) is 0.0435. The van der Waals surface area contributed by atoms with Crippen LogP contribution in [0.3, 0.4) is 0 Å². The number of carbonyl (C=O) groups excluding carboxylic acids is 1. The van der Waals surface area contributed by atoms with Crippen molar-refractivity contribution in [1.82, 2.24) is 19.5 Å². The standard InChI is InChI=1S/C23H16ClN5O3S/c24-13-4-3-5-15(10-13)29-21(31)16-6-1-2-7-17(16)28-23(29)33-12-20(30)25-14-8-9-18-19(11-14)27-22(32)26-18/h1-11H,12H2,(H,25,30)(H2,26,27,32). The Morgan fingerprint density at radius 3 is 2.67 bits per heavy atom. The molecule has 1 amide bonds. The van der Waals surface area contributed by atoms with Crippen LogP contribution in [0.25, 0.3) is 27.6 Å². The molecule has 164 valence electrons. The molecule has 8 nitrogen and oxygen atoms in total. The van der Waals surface area contributed by atoms with Crippen LogP contribution in [0.4, 0.5) is 5.69 Å². The number of benzene rings is 3. The van der Waals surface area contributed by atoms with Gasteiger partial charge in [0.2, 0.25) is 5.91 Å². The number of imidazole rings is 1. The summed E-state index contributed by atoms with van der Waals surface area (Å²) in [4.78, 5) is 47.2. The molecule has 2 aromatic heterocycles. The third-order valence-corrected chi connectivity index (χ3v) is 6.12. The summed E-state index contributed by atoms with van der Waals surface area (Å²) in [6, 6.07) is 19.1. The molecular formula is C23H16ClN5O3S. The number of rotatable bonds is 5. The third kappa shape index (κ3) is 4.28. The SMILES string of the molecule is O=C(CSc1nc2ccccc2c(=O)n1-c1cccc(Cl)c1)Nc1ccc2[nH]c(=O)[nH]c2c1. The van der Waals surface area contributed by atoms with Gasteiger partial charge in [0.1, 0.15) is 0 Å². The smallest absolute Gasteiger partial charge is 0.323 e. The Labute approximate surface area is 195 Å². The largest absolute Gasteiger partial charge is 0.325 e. The van der Waals surface area contributed by atoms with Crippen LogP contribution in [-0.2, 0) is 4.79 Å². The number of hydrogen-bond acceptors (Lipinski definition) is 5. The van der Waals surface area contributed by atoms with Gasteiger partial charge in [0, 0.05) is 10.7 Å². The van der Waals surface area contributed by atoms with Crippen LogP contribution in [0.1, 0.15) is 0 Å². The molecular weight excluding hydrogens is 462 g/mol. The lowest BCUT2D eigenvalue weighted by atomic mass is 10.2. The van der Waals surface area contributed by atoms with E-state index in [2.05, 4.69) is 20.3 Å². The second-order valence-electron chi connectivity index (χ2n) is 7.21. The number of para-hydroxylation sites is 1. The van der Waals surface area contributed by atoms with Crippen LogP contribution in [-0.4, -0.2) is 31.2 Å². The number of halogens is 1. The van der Waals surface area contributed by atoms with Gasteiger partial charge in [-0.15, -0.1) is 0 Å².